The highest BCUT2D eigenvalue weighted by Crippen LogP contribution is 2.23. The number of benzene rings is 2. The molecule has 2 heteroatoms. The van der Waals surface area contributed by atoms with Crippen molar-refractivity contribution in [1.29, 1.82) is 0 Å². The molecule has 0 unspecified atom stereocenters. The zero-order chi connectivity index (χ0) is 10.8. The van der Waals surface area contributed by atoms with Gasteiger partial charge < -0.3 is 5.11 Å². The van der Waals surface area contributed by atoms with E-state index in [1.165, 1.54) is 16.5 Å². The molecular weight excluding hydrogens is 208 g/mol. The summed E-state index contributed by atoms with van der Waals surface area (Å²) in [6, 6.07) is 10.1. The van der Waals surface area contributed by atoms with E-state index in [1.54, 1.807) is 0 Å². The van der Waals surface area contributed by atoms with Crippen molar-refractivity contribution in [2.24, 2.45) is 0 Å². The third kappa shape index (κ3) is 2.14. The standard InChI is InChI=1S/C13H13ClO/c1-9-6-11-2-3-13(14)8-12(11)7-10(9)4-5-15/h2-3,6-8,15H,4-5H2,1H3. The van der Waals surface area contributed by atoms with Crippen molar-refractivity contribution >= 4 is 22.4 Å². The van der Waals surface area contributed by atoms with E-state index in [1.807, 2.05) is 18.2 Å². The lowest BCUT2D eigenvalue weighted by atomic mass is 10.00. The molecule has 0 aromatic heterocycles. The minimum Gasteiger partial charge on any atom is -0.396 e. The van der Waals surface area contributed by atoms with Crippen LogP contribution in [-0.2, 0) is 6.42 Å². The van der Waals surface area contributed by atoms with Crippen LogP contribution in [0.4, 0.5) is 0 Å². The molecule has 0 saturated heterocycles. The normalized spacial score (nSPS) is 10.9. The summed E-state index contributed by atoms with van der Waals surface area (Å²) in [7, 11) is 0. The van der Waals surface area contributed by atoms with Gasteiger partial charge in [0.25, 0.3) is 0 Å². The maximum absolute atomic E-state index is 8.94. The lowest BCUT2D eigenvalue weighted by Gasteiger charge is -2.07. The van der Waals surface area contributed by atoms with Crippen molar-refractivity contribution in [2.45, 2.75) is 13.3 Å². The Labute approximate surface area is 94.3 Å². The number of aryl methyl sites for hydroxylation is 1. The minimum absolute atomic E-state index is 0.187. The quantitative estimate of drug-likeness (QED) is 0.823. The van der Waals surface area contributed by atoms with Crippen molar-refractivity contribution in [1.82, 2.24) is 0 Å². The summed E-state index contributed by atoms with van der Waals surface area (Å²) in [6.45, 7) is 2.26. The predicted octanol–water partition coefficient (Wildman–Crippen LogP) is 3.34. The van der Waals surface area contributed by atoms with Crippen LogP contribution >= 0.6 is 11.6 Å². The number of fused-ring (bicyclic) bond motifs is 1. The first kappa shape index (κ1) is 10.5. The van der Waals surface area contributed by atoms with E-state index >= 15 is 0 Å². The number of hydrogen-bond donors (Lipinski definition) is 1. The molecule has 0 atom stereocenters. The maximum Gasteiger partial charge on any atom is 0.0471 e. The lowest BCUT2D eigenvalue weighted by molar-refractivity contribution is 0.299. The predicted molar refractivity (Wildman–Crippen MR) is 64.5 cm³/mol. The van der Waals surface area contributed by atoms with Gasteiger partial charge in [-0.15, -0.1) is 0 Å². The van der Waals surface area contributed by atoms with Crippen LogP contribution < -0.4 is 0 Å². The Kier molecular flexibility index (Phi) is 2.94. The van der Waals surface area contributed by atoms with E-state index in [2.05, 4.69) is 19.1 Å². The molecule has 0 aliphatic rings. The Hall–Kier alpha value is -1.05. The average Bonchev–Trinajstić information content (AvgIpc) is 2.20. The highest BCUT2D eigenvalue weighted by atomic mass is 35.5. The van der Waals surface area contributed by atoms with Crippen LogP contribution in [0.15, 0.2) is 30.3 Å². The summed E-state index contributed by atoms with van der Waals surface area (Å²) in [5.41, 5.74) is 2.41. The molecule has 15 heavy (non-hydrogen) atoms. The number of hydrogen-bond acceptors (Lipinski definition) is 1. The van der Waals surface area contributed by atoms with Crippen molar-refractivity contribution < 1.29 is 5.11 Å². The Morgan fingerprint density at radius 3 is 2.67 bits per heavy atom. The monoisotopic (exact) mass is 220 g/mol. The number of halogens is 1. The zero-order valence-corrected chi connectivity index (χ0v) is 9.38. The molecule has 2 aromatic carbocycles. The minimum atomic E-state index is 0.187. The molecule has 0 aliphatic carbocycles. The zero-order valence-electron chi connectivity index (χ0n) is 8.63. The topological polar surface area (TPSA) is 20.2 Å². The fourth-order valence-corrected chi connectivity index (χ4v) is 2.00. The first-order chi connectivity index (χ1) is 7.20. The molecule has 0 heterocycles. The molecule has 1 N–H and O–H groups in total. The number of aliphatic hydroxyl groups is 1. The summed E-state index contributed by atoms with van der Waals surface area (Å²) in [5, 5.41) is 12.0. The maximum atomic E-state index is 8.94. The Balaban J connectivity index is 2.61. The summed E-state index contributed by atoms with van der Waals surface area (Å²) >= 11 is 5.94. The van der Waals surface area contributed by atoms with Gasteiger partial charge in [0.05, 0.1) is 0 Å². The highest BCUT2D eigenvalue weighted by molar-refractivity contribution is 6.31. The van der Waals surface area contributed by atoms with E-state index in [-0.39, 0.29) is 6.61 Å². The van der Waals surface area contributed by atoms with Crippen LogP contribution in [0.25, 0.3) is 10.8 Å². The van der Waals surface area contributed by atoms with Gasteiger partial charge in [0.2, 0.25) is 0 Å². The molecule has 1 nitrogen and oxygen atoms in total. The third-order valence-electron chi connectivity index (χ3n) is 2.64. The van der Waals surface area contributed by atoms with E-state index in [4.69, 9.17) is 16.7 Å². The van der Waals surface area contributed by atoms with Crippen molar-refractivity contribution in [3.8, 4) is 0 Å². The molecule has 78 valence electrons. The second-order valence-corrected chi connectivity index (χ2v) is 4.18. The van der Waals surface area contributed by atoms with Crippen molar-refractivity contribution in [2.75, 3.05) is 6.61 Å². The number of rotatable bonds is 2. The first-order valence-electron chi connectivity index (χ1n) is 5.00. The average molecular weight is 221 g/mol. The van der Waals surface area contributed by atoms with Crippen LogP contribution in [0.1, 0.15) is 11.1 Å². The van der Waals surface area contributed by atoms with Crippen molar-refractivity contribution in [3.63, 3.8) is 0 Å². The summed E-state index contributed by atoms with van der Waals surface area (Å²) in [6.07, 6.45) is 0.703. The summed E-state index contributed by atoms with van der Waals surface area (Å²) in [4.78, 5) is 0. The van der Waals surface area contributed by atoms with Gasteiger partial charge in [0.15, 0.2) is 0 Å². The van der Waals surface area contributed by atoms with E-state index < -0.39 is 0 Å². The van der Waals surface area contributed by atoms with E-state index in [0.717, 1.165) is 10.4 Å². The van der Waals surface area contributed by atoms with Gasteiger partial charge in [-0.2, -0.15) is 0 Å². The van der Waals surface area contributed by atoms with Crippen LogP contribution in [0.2, 0.25) is 5.02 Å². The molecule has 0 radical (unpaired) electrons. The van der Waals surface area contributed by atoms with Gasteiger partial charge in [-0.1, -0.05) is 29.8 Å². The van der Waals surface area contributed by atoms with Gasteiger partial charge in [0.1, 0.15) is 0 Å². The van der Waals surface area contributed by atoms with Gasteiger partial charge in [-0.05, 0) is 47.4 Å². The van der Waals surface area contributed by atoms with Crippen LogP contribution in [0.5, 0.6) is 0 Å². The molecule has 0 amide bonds. The Morgan fingerprint density at radius 2 is 1.93 bits per heavy atom. The van der Waals surface area contributed by atoms with Crippen LogP contribution in [-0.4, -0.2) is 11.7 Å². The molecule has 2 aromatic rings. The van der Waals surface area contributed by atoms with Crippen LogP contribution in [0.3, 0.4) is 0 Å². The van der Waals surface area contributed by atoms with Gasteiger partial charge >= 0.3 is 0 Å². The Bertz CT molecular complexity index is 491. The second kappa shape index (κ2) is 4.21. The molecule has 0 saturated carbocycles. The van der Waals surface area contributed by atoms with Crippen molar-refractivity contribution in [3.05, 3.63) is 46.5 Å². The van der Waals surface area contributed by atoms with Gasteiger partial charge in [-0.3, -0.25) is 0 Å². The smallest absolute Gasteiger partial charge is 0.0471 e. The molecule has 0 aliphatic heterocycles. The Morgan fingerprint density at radius 1 is 1.13 bits per heavy atom. The first-order valence-corrected chi connectivity index (χ1v) is 5.38. The summed E-state index contributed by atoms with van der Waals surface area (Å²) in [5.74, 6) is 0. The van der Waals surface area contributed by atoms with Gasteiger partial charge in [-0.25, -0.2) is 0 Å². The SMILES string of the molecule is Cc1cc2ccc(Cl)cc2cc1CCO. The highest BCUT2D eigenvalue weighted by Gasteiger charge is 2.01. The van der Waals surface area contributed by atoms with E-state index in [9.17, 15) is 0 Å². The fraction of sp³-hybridized carbons (Fsp3) is 0.231. The molecule has 2 rings (SSSR count). The lowest BCUT2D eigenvalue weighted by Crippen LogP contribution is -1.94. The molecule has 0 fully saturated rings. The third-order valence-corrected chi connectivity index (χ3v) is 2.87. The molecular formula is C13H13ClO. The number of aliphatic hydroxyl groups excluding tert-OH is 1. The molecule has 0 spiro atoms. The van der Waals surface area contributed by atoms with E-state index in [0.29, 0.717) is 6.42 Å². The fourth-order valence-electron chi connectivity index (χ4n) is 1.82. The largest absolute Gasteiger partial charge is 0.396 e. The van der Waals surface area contributed by atoms with Crippen LogP contribution in [0, 0.1) is 6.92 Å². The molecule has 0 bridgehead atoms. The second-order valence-electron chi connectivity index (χ2n) is 3.74. The van der Waals surface area contributed by atoms with Gasteiger partial charge in [0, 0.05) is 11.6 Å². The summed E-state index contributed by atoms with van der Waals surface area (Å²) < 4.78 is 0.